The number of aromatic nitrogens is 2. The van der Waals surface area contributed by atoms with E-state index < -0.39 is 0 Å². The van der Waals surface area contributed by atoms with Gasteiger partial charge in [-0.25, -0.2) is 0 Å². The van der Waals surface area contributed by atoms with Crippen molar-refractivity contribution in [1.82, 2.24) is 15.5 Å². The number of nitrogens with one attached hydrogen (secondary N) is 1. The molecule has 0 fully saturated rings. The molecule has 0 spiro atoms. The van der Waals surface area contributed by atoms with Crippen molar-refractivity contribution in [3.8, 4) is 5.19 Å². The third-order valence-corrected chi connectivity index (χ3v) is 3.13. The van der Waals surface area contributed by atoms with Crippen molar-refractivity contribution in [3.63, 3.8) is 0 Å². The lowest BCUT2D eigenvalue weighted by Crippen LogP contribution is -2.18. The van der Waals surface area contributed by atoms with E-state index in [1.54, 1.807) is 14.2 Å². The molecule has 0 bridgehead atoms. The van der Waals surface area contributed by atoms with Gasteiger partial charge in [0.2, 0.25) is 0 Å². The fourth-order valence-corrected chi connectivity index (χ4v) is 2.01. The van der Waals surface area contributed by atoms with Gasteiger partial charge >= 0.3 is 0 Å². The lowest BCUT2D eigenvalue weighted by atomic mass is 10.5. The summed E-state index contributed by atoms with van der Waals surface area (Å²) in [5, 5.41) is 12.7. The van der Waals surface area contributed by atoms with E-state index in [1.807, 2.05) is 0 Å². The zero-order valence-electron chi connectivity index (χ0n) is 12.1. The summed E-state index contributed by atoms with van der Waals surface area (Å²) in [5.74, 6) is 0. The maximum absolute atomic E-state index is 5.46. The smallest absolute Gasteiger partial charge is 0.294 e. The Bertz CT molecular complexity index is 338. The Labute approximate surface area is 123 Å². The van der Waals surface area contributed by atoms with E-state index in [-0.39, 0.29) is 0 Å². The average molecular weight is 305 g/mol. The minimum atomic E-state index is 0.485. The number of methoxy groups -OCH3 is 2. The van der Waals surface area contributed by atoms with Gasteiger partial charge in [-0.15, -0.1) is 10.2 Å². The Hall–Kier alpha value is -0.800. The van der Waals surface area contributed by atoms with Crippen LogP contribution in [0.25, 0.3) is 0 Å². The van der Waals surface area contributed by atoms with Crippen molar-refractivity contribution < 1.29 is 18.9 Å². The highest BCUT2D eigenvalue weighted by molar-refractivity contribution is 7.13. The molecule has 1 heterocycles. The molecule has 116 valence electrons. The standard InChI is InChI=1S/C12H23N3O4S/c1-16-5-3-6-18-8-9-19-12-15-14-11(20-12)10-13-4-7-17-2/h13H,3-10H2,1-2H3. The summed E-state index contributed by atoms with van der Waals surface area (Å²) < 4.78 is 20.7. The topological polar surface area (TPSA) is 74.7 Å². The quantitative estimate of drug-likeness (QED) is 0.538. The van der Waals surface area contributed by atoms with Crippen LogP contribution in [0.1, 0.15) is 11.4 Å². The van der Waals surface area contributed by atoms with Gasteiger partial charge in [0.15, 0.2) is 0 Å². The summed E-state index contributed by atoms with van der Waals surface area (Å²) in [4.78, 5) is 0. The summed E-state index contributed by atoms with van der Waals surface area (Å²) in [6, 6.07) is 0. The van der Waals surface area contributed by atoms with Crippen LogP contribution in [0.15, 0.2) is 0 Å². The first-order chi connectivity index (χ1) is 9.86. The Kier molecular flexibility index (Phi) is 10.3. The van der Waals surface area contributed by atoms with E-state index in [4.69, 9.17) is 18.9 Å². The maximum atomic E-state index is 5.46. The predicted octanol–water partition coefficient (Wildman–Crippen LogP) is 0.706. The summed E-state index contributed by atoms with van der Waals surface area (Å²) >= 11 is 1.44. The largest absolute Gasteiger partial charge is 0.466 e. The third kappa shape index (κ3) is 8.39. The molecule has 1 aromatic heterocycles. The molecule has 0 amide bonds. The molecule has 1 N–H and O–H groups in total. The van der Waals surface area contributed by atoms with Crippen molar-refractivity contribution in [2.24, 2.45) is 0 Å². The van der Waals surface area contributed by atoms with Crippen molar-refractivity contribution in [3.05, 3.63) is 5.01 Å². The fraction of sp³-hybridized carbons (Fsp3) is 0.833. The third-order valence-electron chi connectivity index (χ3n) is 2.30. The van der Waals surface area contributed by atoms with E-state index in [0.717, 1.165) is 24.6 Å². The van der Waals surface area contributed by atoms with Crippen LogP contribution < -0.4 is 10.1 Å². The lowest BCUT2D eigenvalue weighted by Gasteiger charge is -2.03. The molecule has 0 aliphatic carbocycles. The van der Waals surface area contributed by atoms with E-state index in [0.29, 0.717) is 38.2 Å². The first kappa shape index (κ1) is 17.3. The molecule has 0 saturated carbocycles. The van der Waals surface area contributed by atoms with Crippen molar-refractivity contribution >= 4 is 11.3 Å². The van der Waals surface area contributed by atoms with Crippen LogP contribution in [-0.2, 0) is 20.8 Å². The second-order valence-corrected chi connectivity index (χ2v) is 4.96. The summed E-state index contributed by atoms with van der Waals surface area (Å²) in [5.41, 5.74) is 0. The van der Waals surface area contributed by atoms with Crippen LogP contribution in [-0.4, -0.2) is 64.0 Å². The van der Waals surface area contributed by atoms with E-state index in [9.17, 15) is 0 Å². The SMILES string of the molecule is COCCCOCCOc1nnc(CNCCOC)s1. The van der Waals surface area contributed by atoms with Gasteiger partial charge in [0.1, 0.15) is 11.6 Å². The fourth-order valence-electron chi connectivity index (χ4n) is 1.33. The van der Waals surface area contributed by atoms with Crippen LogP contribution >= 0.6 is 11.3 Å². The molecular formula is C12H23N3O4S. The molecule has 7 nitrogen and oxygen atoms in total. The highest BCUT2D eigenvalue weighted by atomic mass is 32.1. The minimum Gasteiger partial charge on any atom is -0.466 e. The van der Waals surface area contributed by atoms with Gasteiger partial charge in [-0.05, 0) is 6.42 Å². The van der Waals surface area contributed by atoms with Crippen LogP contribution in [0.5, 0.6) is 5.19 Å². The van der Waals surface area contributed by atoms with Gasteiger partial charge in [-0.1, -0.05) is 11.3 Å². The first-order valence-electron chi connectivity index (χ1n) is 6.58. The molecule has 0 aliphatic heterocycles. The van der Waals surface area contributed by atoms with Gasteiger partial charge in [-0.2, -0.15) is 0 Å². The van der Waals surface area contributed by atoms with Crippen LogP contribution in [0, 0.1) is 0 Å². The number of rotatable bonds is 13. The number of ether oxygens (including phenoxy) is 4. The van der Waals surface area contributed by atoms with Gasteiger partial charge < -0.3 is 24.3 Å². The molecule has 0 aliphatic rings. The molecular weight excluding hydrogens is 282 g/mol. The average Bonchev–Trinajstić information content (AvgIpc) is 2.90. The van der Waals surface area contributed by atoms with Gasteiger partial charge in [0.25, 0.3) is 5.19 Å². The molecule has 20 heavy (non-hydrogen) atoms. The maximum Gasteiger partial charge on any atom is 0.294 e. The van der Waals surface area contributed by atoms with Gasteiger partial charge in [0.05, 0.1) is 13.2 Å². The Morgan fingerprint density at radius 1 is 1.00 bits per heavy atom. The second kappa shape index (κ2) is 12.0. The minimum absolute atomic E-state index is 0.485. The predicted molar refractivity (Wildman–Crippen MR) is 76.3 cm³/mol. The monoisotopic (exact) mass is 305 g/mol. The molecule has 1 rings (SSSR count). The van der Waals surface area contributed by atoms with Crippen LogP contribution in [0.4, 0.5) is 0 Å². The zero-order chi connectivity index (χ0) is 14.5. The Morgan fingerprint density at radius 3 is 2.65 bits per heavy atom. The molecule has 0 aromatic carbocycles. The van der Waals surface area contributed by atoms with E-state index in [1.165, 1.54) is 11.3 Å². The molecule has 0 atom stereocenters. The van der Waals surface area contributed by atoms with Crippen LogP contribution in [0.3, 0.4) is 0 Å². The highest BCUT2D eigenvalue weighted by Gasteiger charge is 2.04. The van der Waals surface area contributed by atoms with E-state index >= 15 is 0 Å². The normalized spacial score (nSPS) is 10.9. The zero-order valence-corrected chi connectivity index (χ0v) is 12.9. The Balaban J connectivity index is 2.02. The molecule has 8 heteroatoms. The van der Waals surface area contributed by atoms with E-state index in [2.05, 4.69) is 15.5 Å². The van der Waals surface area contributed by atoms with Gasteiger partial charge in [0, 0.05) is 40.5 Å². The van der Waals surface area contributed by atoms with Crippen molar-refractivity contribution in [2.45, 2.75) is 13.0 Å². The summed E-state index contributed by atoms with van der Waals surface area (Å²) in [6.07, 6.45) is 0.895. The van der Waals surface area contributed by atoms with Crippen molar-refractivity contribution in [1.29, 1.82) is 0 Å². The summed E-state index contributed by atoms with van der Waals surface area (Å²) in [7, 11) is 3.36. The molecule has 1 aromatic rings. The first-order valence-corrected chi connectivity index (χ1v) is 7.40. The molecule has 0 unspecified atom stereocenters. The molecule has 0 radical (unpaired) electrons. The van der Waals surface area contributed by atoms with Crippen LogP contribution in [0.2, 0.25) is 0 Å². The lowest BCUT2D eigenvalue weighted by molar-refractivity contribution is 0.0804. The number of hydrogen-bond donors (Lipinski definition) is 1. The summed E-state index contributed by atoms with van der Waals surface area (Å²) in [6.45, 7) is 4.59. The molecule has 0 saturated heterocycles. The second-order valence-electron chi connectivity index (χ2n) is 3.94. The highest BCUT2D eigenvalue weighted by Crippen LogP contribution is 2.17. The number of nitrogens with zero attached hydrogens (tertiary/aromatic N) is 2. The van der Waals surface area contributed by atoms with Gasteiger partial charge in [-0.3, -0.25) is 0 Å². The van der Waals surface area contributed by atoms with Crippen molar-refractivity contribution in [2.75, 3.05) is 53.8 Å². The number of hydrogen-bond acceptors (Lipinski definition) is 8. The Morgan fingerprint density at radius 2 is 1.85 bits per heavy atom.